The molecule has 0 spiro atoms. The highest BCUT2D eigenvalue weighted by Gasteiger charge is 2.19. The summed E-state index contributed by atoms with van der Waals surface area (Å²) in [6.45, 7) is 1.90. The molecule has 0 amide bonds. The molecule has 0 aliphatic rings. The molecule has 1 N–H and O–H groups in total. The van der Waals surface area contributed by atoms with Crippen molar-refractivity contribution in [3.63, 3.8) is 0 Å². The minimum atomic E-state index is -0.422. The van der Waals surface area contributed by atoms with Gasteiger partial charge in [-0.2, -0.15) is 0 Å². The molecular formula is C17H19BrN2O5. The predicted octanol–water partition coefficient (Wildman–Crippen LogP) is 4.56. The Bertz CT molecular complexity index is 757. The number of nitrogens with zero attached hydrogens (tertiary/aromatic N) is 1. The van der Waals surface area contributed by atoms with E-state index in [2.05, 4.69) is 21.2 Å². The normalized spacial score (nSPS) is 11.6. The van der Waals surface area contributed by atoms with Crippen molar-refractivity contribution >= 4 is 27.3 Å². The lowest BCUT2D eigenvalue weighted by Crippen LogP contribution is -2.09. The fraction of sp³-hybridized carbons (Fsp3) is 0.294. The second-order valence-corrected chi connectivity index (χ2v) is 6.16. The Morgan fingerprint density at radius 2 is 1.68 bits per heavy atom. The minimum Gasteiger partial charge on any atom is -0.493 e. The van der Waals surface area contributed by atoms with Gasteiger partial charge in [-0.05, 0) is 36.8 Å². The molecule has 7 nitrogen and oxygen atoms in total. The Kier molecular flexibility index (Phi) is 6.08. The Balaban J connectivity index is 2.39. The number of rotatable bonds is 7. The molecule has 0 aromatic heterocycles. The molecule has 134 valence electrons. The largest absolute Gasteiger partial charge is 0.493 e. The highest BCUT2D eigenvalue weighted by atomic mass is 79.9. The maximum Gasteiger partial charge on any atom is 0.293 e. The number of nitro benzene ring substituents is 1. The predicted molar refractivity (Wildman–Crippen MR) is 98.9 cm³/mol. The van der Waals surface area contributed by atoms with E-state index in [1.807, 2.05) is 19.1 Å². The van der Waals surface area contributed by atoms with Crippen LogP contribution in [0.5, 0.6) is 17.2 Å². The zero-order valence-electron chi connectivity index (χ0n) is 14.3. The molecule has 0 radical (unpaired) electrons. The molecule has 25 heavy (non-hydrogen) atoms. The number of halogens is 1. The topological polar surface area (TPSA) is 82.9 Å². The number of nitrogens with one attached hydrogen (secondary N) is 1. The van der Waals surface area contributed by atoms with Gasteiger partial charge < -0.3 is 19.5 Å². The van der Waals surface area contributed by atoms with Crippen LogP contribution in [-0.2, 0) is 0 Å². The maximum absolute atomic E-state index is 11.3. The van der Waals surface area contributed by atoms with E-state index in [0.29, 0.717) is 27.4 Å². The van der Waals surface area contributed by atoms with Crippen LogP contribution in [0.4, 0.5) is 11.4 Å². The monoisotopic (exact) mass is 410 g/mol. The summed E-state index contributed by atoms with van der Waals surface area (Å²) in [6.07, 6.45) is 0. The zero-order valence-corrected chi connectivity index (χ0v) is 15.9. The first-order valence-electron chi connectivity index (χ1n) is 7.41. The Hall–Kier alpha value is -2.48. The van der Waals surface area contributed by atoms with Crippen LogP contribution in [-0.4, -0.2) is 26.3 Å². The SMILES string of the molecule is COc1cc(C(C)Nc2ccc(Br)cc2[N+](=O)[O-])cc(OC)c1OC. The smallest absolute Gasteiger partial charge is 0.293 e. The molecule has 1 unspecified atom stereocenters. The lowest BCUT2D eigenvalue weighted by atomic mass is 10.1. The molecule has 0 aliphatic carbocycles. The van der Waals surface area contributed by atoms with Crippen molar-refractivity contribution in [2.24, 2.45) is 0 Å². The van der Waals surface area contributed by atoms with Gasteiger partial charge in [0, 0.05) is 16.6 Å². The number of nitro groups is 1. The Labute approximate surface area is 154 Å². The molecule has 0 saturated carbocycles. The first kappa shape index (κ1) is 18.9. The fourth-order valence-electron chi connectivity index (χ4n) is 2.45. The molecule has 2 rings (SSSR count). The summed E-state index contributed by atoms with van der Waals surface area (Å²) >= 11 is 3.25. The van der Waals surface area contributed by atoms with E-state index in [4.69, 9.17) is 14.2 Å². The van der Waals surface area contributed by atoms with Crippen molar-refractivity contribution in [1.29, 1.82) is 0 Å². The van der Waals surface area contributed by atoms with Gasteiger partial charge in [0.1, 0.15) is 5.69 Å². The van der Waals surface area contributed by atoms with E-state index in [1.165, 1.54) is 13.2 Å². The summed E-state index contributed by atoms with van der Waals surface area (Å²) in [4.78, 5) is 10.8. The van der Waals surface area contributed by atoms with Crippen LogP contribution in [0.3, 0.4) is 0 Å². The van der Waals surface area contributed by atoms with Crippen molar-refractivity contribution in [2.75, 3.05) is 26.6 Å². The zero-order chi connectivity index (χ0) is 18.6. The van der Waals surface area contributed by atoms with Crippen LogP contribution in [0.1, 0.15) is 18.5 Å². The van der Waals surface area contributed by atoms with Crippen molar-refractivity contribution < 1.29 is 19.1 Å². The summed E-state index contributed by atoms with van der Waals surface area (Å²) in [5, 5.41) is 14.4. The highest BCUT2D eigenvalue weighted by Crippen LogP contribution is 2.40. The first-order chi connectivity index (χ1) is 11.9. The van der Waals surface area contributed by atoms with E-state index in [9.17, 15) is 10.1 Å². The van der Waals surface area contributed by atoms with Crippen molar-refractivity contribution in [3.8, 4) is 17.2 Å². The number of benzene rings is 2. The van der Waals surface area contributed by atoms with Gasteiger partial charge in [-0.25, -0.2) is 0 Å². The third kappa shape index (κ3) is 4.14. The molecule has 2 aromatic rings. The van der Waals surface area contributed by atoms with E-state index in [0.717, 1.165) is 5.56 Å². The second-order valence-electron chi connectivity index (χ2n) is 5.24. The molecule has 0 fully saturated rings. The van der Waals surface area contributed by atoms with Gasteiger partial charge in [0.15, 0.2) is 11.5 Å². The van der Waals surface area contributed by atoms with E-state index in [1.54, 1.807) is 26.4 Å². The van der Waals surface area contributed by atoms with Crippen LogP contribution in [0.25, 0.3) is 0 Å². The number of ether oxygens (including phenoxy) is 3. The van der Waals surface area contributed by atoms with Crippen LogP contribution in [0.15, 0.2) is 34.8 Å². The molecule has 0 aliphatic heterocycles. The molecule has 0 heterocycles. The summed E-state index contributed by atoms with van der Waals surface area (Å²) < 4.78 is 16.7. The van der Waals surface area contributed by atoms with Crippen LogP contribution in [0.2, 0.25) is 0 Å². The third-order valence-electron chi connectivity index (χ3n) is 3.72. The van der Waals surface area contributed by atoms with Gasteiger partial charge in [0.2, 0.25) is 5.75 Å². The number of hydrogen-bond donors (Lipinski definition) is 1. The summed E-state index contributed by atoms with van der Waals surface area (Å²) in [7, 11) is 4.62. The standard InChI is InChI=1S/C17H19BrN2O5/c1-10(19-13-6-5-12(18)9-14(13)20(21)22)11-7-15(23-2)17(25-4)16(8-11)24-3/h5-10,19H,1-4H3. The van der Waals surface area contributed by atoms with Crippen molar-refractivity contribution in [1.82, 2.24) is 0 Å². The van der Waals surface area contributed by atoms with E-state index in [-0.39, 0.29) is 11.7 Å². The van der Waals surface area contributed by atoms with Crippen molar-refractivity contribution in [3.05, 3.63) is 50.5 Å². The van der Waals surface area contributed by atoms with Gasteiger partial charge in [0.05, 0.1) is 26.3 Å². The highest BCUT2D eigenvalue weighted by molar-refractivity contribution is 9.10. The molecule has 0 saturated heterocycles. The quantitative estimate of drug-likeness (QED) is 0.532. The van der Waals surface area contributed by atoms with Gasteiger partial charge >= 0.3 is 0 Å². The molecule has 0 bridgehead atoms. The van der Waals surface area contributed by atoms with Gasteiger partial charge in [-0.3, -0.25) is 10.1 Å². The summed E-state index contributed by atoms with van der Waals surface area (Å²) in [5.74, 6) is 1.54. The van der Waals surface area contributed by atoms with Crippen LogP contribution >= 0.6 is 15.9 Å². The van der Waals surface area contributed by atoms with Gasteiger partial charge in [-0.15, -0.1) is 0 Å². The van der Waals surface area contributed by atoms with Crippen LogP contribution in [0, 0.1) is 10.1 Å². The average Bonchev–Trinajstić information content (AvgIpc) is 2.61. The lowest BCUT2D eigenvalue weighted by Gasteiger charge is -2.19. The Morgan fingerprint density at radius 3 is 2.16 bits per heavy atom. The van der Waals surface area contributed by atoms with Crippen LogP contribution < -0.4 is 19.5 Å². The summed E-state index contributed by atoms with van der Waals surface area (Å²) in [5.41, 5.74) is 1.26. The van der Waals surface area contributed by atoms with Gasteiger partial charge in [0.25, 0.3) is 5.69 Å². The molecule has 8 heteroatoms. The maximum atomic E-state index is 11.3. The lowest BCUT2D eigenvalue weighted by molar-refractivity contribution is -0.384. The molecular weight excluding hydrogens is 392 g/mol. The number of methoxy groups -OCH3 is 3. The fourth-order valence-corrected chi connectivity index (χ4v) is 2.79. The summed E-state index contributed by atoms with van der Waals surface area (Å²) in [6, 6.07) is 8.26. The van der Waals surface area contributed by atoms with E-state index < -0.39 is 4.92 Å². The minimum absolute atomic E-state index is 0.00586. The third-order valence-corrected chi connectivity index (χ3v) is 4.21. The number of anilines is 1. The van der Waals surface area contributed by atoms with Crippen molar-refractivity contribution in [2.45, 2.75) is 13.0 Å². The first-order valence-corrected chi connectivity index (χ1v) is 8.21. The van der Waals surface area contributed by atoms with Gasteiger partial charge in [-0.1, -0.05) is 15.9 Å². The molecule has 2 aromatic carbocycles. The number of hydrogen-bond acceptors (Lipinski definition) is 6. The second kappa shape index (κ2) is 8.06. The Morgan fingerprint density at radius 1 is 1.08 bits per heavy atom. The average molecular weight is 411 g/mol. The molecule has 1 atom stereocenters. The van der Waals surface area contributed by atoms with E-state index >= 15 is 0 Å².